The van der Waals surface area contributed by atoms with E-state index in [4.69, 9.17) is 0 Å². The van der Waals surface area contributed by atoms with Crippen LogP contribution in [0.1, 0.15) is 35.6 Å². The lowest BCUT2D eigenvalue weighted by molar-refractivity contribution is 0.580. The number of para-hydroxylation sites is 1. The maximum absolute atomic E-state index is 13.4. The Labute approximate surface area is 176 Å². The number of pyridine rings is 1. The molecule has 8 heteroatoms. The summed E-state index contributed by atoms with van der Waals surface area (Å²) >= 11 is 0. The Morgan fingerprint density at radius 1 is 0.867 bits per heavy atom. The van der Waals surface area contributed by atoms with Crippen molar-refractivity contribution >= 4 is 29.1 Å². The first-order chi connectivity index (χ1) is 14.2. The summed E-state index contributed by atoms with van der Waals surface area (Å²) in [4.78, 5) is 4.07. The van der Waals surface area contributed by atoms with E-state index in [2.05, 4.69) is 10.3 Å². The topological polar surface area (TPSA) is 93.2 Å². The minimum Gasteiger partial charge on any atom is -0.353 e. The van der Waals surface area contributed by atoms with Crippen LogP contribution in [0.5, 0.6) is 0 Å². The molecular weight excluding hydrogens is 420 g/mol. The Hall–Kier alpha value is -2.71. The van der Waals surface area contributed by atoms with Gasteiger partial charge in [0.25, 0.3) is 8.87 Å². The summed E-state index contributed by atoms with van der Waals surface area (Å²) in [6.45, 7) is 3.56. The molecule has 1 aliphatic carbocycles. The Balaban J connectivity index is 1.89. The van der Waals surface area contributed by atoms with Gasteiger partial charge in [0.2, 0.25) is 0 Å². The fourth-order valence-corrected chi connectivity index (χ4v) is 6.88. The number of benzene rings is 2. The number of nitrogens with one attached hydrogen (secondary N) is 1. The summed E-state index contributed by atoms with van der Waals surface area (Å²) in [5.41, 5.74) is 2.91. The Morgan fingerprint density at radius 3 is 2.10 bits per heavy atom. The molecular formula is C22H22N2O4S2. The van der Waals surface area contributed by atoms with Crippen LogP contribution in [0.2, 0.25) is 0 Å². The molecule has 0 amide bonds. The molecule has 0 aliphatic heterocycles. The van der Waals surface area contributed by atoms with Gasteiger partial charge < -0.3 is 5.32 Å². The van der Waals surface area contributed by atoms with Crippen LogP contribution in [0.15, 0.2) is 70.6 Å². The second kappa shape index (κ2) is 7.52. The molecule has 0 spiro atoms. The average Bonchev–Trinajstić information content (AvgIpc) is 3.55. The van der Waals surface area contributed by atoms with Gasteiger partial charge in [0.15, 0.2) is 5.03 Å². The Bertz CT molecular complexity index is 1300. The largest absolute Gasteiger partial charge is 0.353 e. The predicted molar refractivity (Wildman–Crippen MR) is 116 cm³/mol. The number of anilines is 2. The fourth-order valence-electron chi connectivity index (χ4n) is 3.19. The smallest absolute Gasteiger partial charge is 0.305 e. The van der Waals surface area contributed by atoms with Crippen LogP contribution in [0.3, 0.4) is 0 Å². The SMILES string of the molecule is Cc1ccc(S(=O)(=O)S(=O)(=O)c2nc(C3CC3)cc(C)c2Nc2ccccc2)cc1. The number of nitrogens with zero attached hydrogens (tertiary/aromatic N) is 1. The third kappa shape index (κ3) is 3.73. The Morgan fingerprint density at radius 2 is 1.50 bits per heavy atom. The molecule has 1 N–H and O–H groups in total. The van der Waals surface area contributed by atoms with Crippen LogP contribution in [-0.4, -0.2) is 21.8 Å². The van der Waals surface area contributed by atoms with E-state index in [0.717, 1.165) is 18.4 Å². The number of aryl methyl sites for hydroxylation is 2. The summed E-state index contributed by atoms with van der Waals surface area (Å²) in [5.74, 6) is 0.172. The normalized spacial score (nSPS) is 14.5. The van der Waals surface area contributed by atoms with Crippen molar-refractivity contribution in [2.75, 3.05) is 5.32 Å². The summed E-state index contributed by atoms with van der Waals surface area (Å²) in [5, 5.41) is 2.61. The lowest BCUT2D eigenvalue weighted by atomic mass is 10.1. The highest BCUT2D eigenvalue weighted by Gasteiger charge is 2.39. The van der Waals surface area contributed by atoms with Crippen molar-refractivity contribution in [3.05, 3.63) is 77.5 Å². The zero-order valence-electron chi connectivity index (χ0n) is 16.7. The zero-order chi connectivity index (χ0) is 21.5. The first-order valence-electron chi connectivity index (χ1n) is 9.60. The second-order valence-electron chi connectivity index (χ2n) is 7.53. The van der Waals surface area contributed by atoms with E-state index >= 15 is 0 Å². The lowest BCUT2D eigenvalue weighted by Gasteiger charge is -2.16. The van der Waals surface area contributed by atoms with E-state index in [1.54, 1.807) is 50.2 Å². The third-order valence-electron chi connectivity index (χ3n) is 5.08. The molecule has 0 radical (unpaired) electrons. The highest BCUT2D eigenvalue weighted by molar-refractivity contribution is 8.67. The molecule has 0 atom stereocenters. The molecule has 30 heavy (non-hydrogen) atoms. The Kier molecular flexibility index (Phi) is 5.15. The van der Waals surface area contributed by atoms with Gasteiger partial charge in [-0.2, -0.15) is 0 Å². The lowest BCUT2D eigenvalue weighted by Crippen LogP contribution is -2.20. The molecule has 2 aromatic carbocycles. The van der Waals surface area contributed by atoms with E-state index in [0.29, 0.717) is 16.9 Å². The van der Waals surface area contributed by atoms with Crippen molar-refractivity contribution < 1.29 is 16.8 Å². The minimum absolute atomic E-state index is 0.172. The average molecular weight is 443 g/mol. The van der Waals surface area contributed by atoms with Crippen molar-refractivity contribution in [1.82, 2.24) is 4.98 Å². The van der Waals surface area contributed by atoms with Crippen LogP contribution in [0, 0.1) is 13.8 Å². The first-order valence-corrected chi connectivity index (χ1v) is 13.1. The quantitative estimate of drug-likeness (QED) is 0.566. The molecule has 1 aliphatic rings. The van der Waals surface area contributed by atoms with Gasteiger partial charge in [0.1, 0.15) is 0 Å². The van der Waals surface area contributed by atoms with Crippen LogP contribution in [0.25, 0.3) is 0 Å². The zero-order valence-corrected chi connectivity index (χ0v) is 18.3. The van der Waals surface area contributed by atoms with Gasteiger partial charge in [-0.3, -0.25) is 0 Å². The van der Waals surface area contributed by atoms with Gasteiger partial charge in [0, 0.05) is 17.3 Å². The maximum atomic E-state index is 13.4. The molecule has 4 rings (SSSR count). The van der Waals surface area contributed by atoms with E-state index in [9.17, 15) is 16.8 Å². The standard InChI is InChI=1S/C22H22N2O4S2/c1-15-8-12-19(13-9-15)29(25,26)30(27,28)22-21(23-18-6-4-3-5-7-18)16(2)14-20(24-22)17-10-11-17/h3-9,12-14,17,23H,10-11H2,1-2H3. The highest BCUT2D eigenvalue weighted by atomic mass is 33.2. The van der Waals surface area contributed by atoms with Crippen LogP contribution in [0.4, 0.5) is 11.4 Å². The highest BCUT2D eigenvalue weighted by Crippen LogP contribution is 2.42. The molecule has 6 nitrogen and oxygen atoms in total. The molecule has 0 saturated heterocycles. The molecule has 1 heterocycles. The van der Waals surface area contributed by atoms with Gasteiger partial charge in [0.05, 0.1) is 10.6 Å². The molecule has 1 fully saturated rings. The van der Waals surface area contributed by atoms with Crippen molar-refractivity contribution in [3.8, 4) is 0 Å². The monoisotopic (exact) mass is 442 g/mol. The summed E-state index contributed by atoms with van der Waals surface area (Å²) in [6, 6.07) is 16.6. The van der Waals surface area contributed by atoms with E-state index in [1.165, 1.54) is 12.1 Å². The van der Waals surface area contributed by atoms with Gasteiger partial charge in [-0.1, -0.05) is 35.9 Å². The number of hydrogen-bond acceptors (Lipinski definition) is 6. The number of hydrogen-bond donors (Lipinski definition) is 1. The van der Waals surface area contributed by atoms with E-state index in [-0.39, 0.29) is 16.5 Å². The van der Waals surface area contributed by atoms with E-state index < -0.39 is 22.8 Å². The van der Waals surface area contributed by atoms with Crippen molar-refractivity contribution in [2.24, 2.45) is 0 Å². The van der Waals surface area contributed by atoms with Crippen LogP contribution in [-0.2, 0) is 17.7 Å². The van der Waals surface area contributed by atoms with E-state index in [1.807, 2.05) is 12.1 Å². The number of aromatic nitrogens is 1. The third-order valence-corrected chi connectivity index (χ3v) is 10.1. The molecule has 0 bridgehead atoms. The fraction of sp³-hybridized carbons (Fsp3) is 0.227. The maximum Gasteiger partial charge on any atom is 0.305 e. The van der Waals surface area contributed by atoms with Gasteiger partial charge in [-0.05, 0) is 62.6 Å². The summed E-state index contributed by atoms with van der Waals surface area (Å²) < 4.78 is 53.1. The molecule has 3 aromatic rings. The molecule has 1 saturated carbocycles. The van der Waals surface area contributed by atoms with Crippen LogP contribution >= 0.6 is 0 Å². The molecule has 1 aromatic heterocycles. The predicted octanol–water partition coefficient (Wildman–Crippen LogP) is 4.48. The summed E-state index contributed by atoms with van der Waals surface area (Å²) in [6.07, 6.45) is 1.84. The minimum atomic E-state index is -4.81. The first kappa shape index (κ1) is 20.6. The molecule has 0 unspecified atom stereocenters. The van der Waals surface area contributed by atoms with Gasteiger partial charge >= 0.3 is 8.87 Å². The van der Waals surface area contributed by atoms with Crippen molar-refractivity contribution in [1.29, 1.82) is 0 Å². The van der Waals surface area contributed by atoms with Gasteiger partial charge in [-0.15, -0.1) is 0 Å². The molecule has 156 valence electrons. The van der Waals surface area contributed by atoms with Crippen molar-refractivity contribution in [3.63, 3.8) is 0 Å². The van der Waals surface area contributed by atoms with Gasteiger partial charge in [-0.25, -0.2) is 21.8 Å². The summed E-state index contributed by atoms with van der Waals surface area (Å²) in [7, 11) is -9.50. The second-order valence-corrected chi connectivity index (χ2v) is 12.8. The van der Waals surface area contributed by atoms with Crippen molar-refractivity contribution in [2.45, 2.75) is 42.5 Å². The number of rotatable bonds is 6. The van der Waals surface area contributed by atoms with Crippen LogP contribution < -0.4 is 5.32 Å².